The van der Waals surface area contributed by atoms with Crippen LogP contribution >= 0.6 is 11.6 Å². The first kappa shape index (κ1) is 13.4. The third-order valence-electron chi connectivity index (χ3n) is 2.67. The Bertz CT molecular complexity index is 642. The number of carbonyl (C=O) groups is 1. The summed E-state index contributed by atoms with van der Waals surface area (Å²) in [6, 6.07) is 4.86. The van der Waals surface area contributed by atoms with E-state index >= 15 is 0 Å². The normalized spacial score (nSPS) is 10.3. The number of pyridine rings is 1. The maximum absolute atomic E-state index is 11.6. The maximum Gasteiger partial charge on any atom is 0.356 e. The number of aromatic nitrogens is 1. The van der Waals surface area contributed by atoms with Gasteiger partial charge in [-0.05, 0) is 12.1 Å². The first-order valence-corrected chi connectivity index (χ1v) is 5.79. The Kier molecular flexibility index (Phi) is 3.76. The predicted octanol–water partition coefficient (Wildman–Crippen LogP) is 2.69. The van der Waals surface area contributed by atoms with Crippen LogP contribution in [0.5, 0.6) is 11.5 Å². The van der Waals surface area contributed by atoms with Crippen LogP contribution in [0.2, 0.25) is 5.02 Å². The zero-order valence-corrected chi connectivity index (χ0v) is 11.4. The van der Waals surface area contributed by atoms with E-state index in [1.165, 1.54) is 27.4 Å². The fraction of sp³-hybridized carbons (Fsp3) is 0.231. The van der Waals surface area contributed by atoms with Gasteiger partial charge in [0.25, 0.3) is 0 Å². The number of carbonyl (C=O) groups excluding carboxylic acids is 1. The molecule has 0 spiro atoms. The summed E-state index contributed by atoms with van der Waals surface area (Å²) in [5.41, 5.74) is 0.558. The lowest BCUT2D eigenvalue weighted by Gasteiger charge is -2.12. The van der Waals surface area contributed by atoms with E-state index in [4.69, 9.17) is 21.1 Å². The molecule has 0 radical (unpaired) electrons. The number of methoxy groups -OCH3 is 3. The van der Waals surface area contributed by atoms with Gasteiger partial charge in [-0.3, -0.25) is 0 Å². The van der Waals surface area contributed by atoms with Crippen molar-refractivity contribution in [1.29, 1.82) is 0 Å². The van der Waals surface area contributed by atoms with Crippen molar-refractivity contribution in [3.63, 3.8) is 0 Å². The van der Waals surface area contributed by atoms with Crippen molar-refractivity contribution in [2.24, 2.45) is 0 Å². The van der Waals surface area contributed by atoms with Crippen LogP contribution in [-0.2, 0) is 4.74 Å². The topological polar surface area (TPSA) is 57.7 Å². The molecular weight excluding hydrogens is 270 g/mol. The molecule has 0 fully saturated rings. The molecule has 6 heteroatoms. The fourth-order valence-corrected chi connectivity index (χ4v) is 1.98. The van der Waals surface area contributed by atoms with E-state index in [0.29, 0.717) is 27.4 Å². The number of benzene rings is 1. The van der Waals surface area contributed by atoms with Crippen LogP contribution in [0.25, 0.3) is 10.9 Å². The van der Waals surface area contributed by atoms with Crippen molar-refractivity contribution in [1.82, 2.24) is 4.98 Å². The van der Waals surface area contributed by atoms with Crippen molar-refractivity contribution in [3.05, 3.63) is 28.9 Å². The summed E-state index contributed by atoms with van der Waals surface area (Å²) < 4.78 is 15.2. The summed E-state index contributed by atoms with van der Waals surface area (Å²) >= 11 is 6.11. The van der Waals surface area contributed by atoms with E-state index in [-0.39, 0.29) is 5.69 Å². The number of halogens is 1. The zero-order valence-electron chi connectivity index (χ0n) is 10.7. The monoisotopic (exact) mass is 281 g/mol. The molecule has 0 bridgehead atoms. The number of hydrogen-bond acceptors (Lipinski definition) is 5. The molecule has 19 heavy (non-hydrogen) atoms. The smallest absolute Gasteiger partial charge is 0.356 e. The summed E-state index contributed by atoms with van der Waals surface area (Å²) in [6.45, 7) is 0. The van der Waals surface area contributed by atoms with Gasteiger partial charge in [0.05, 0.1) is 37.3 Å². The molecule has 2 rings (SSSR count). The van der Waals surface area contributed by atoms with E-state index in [1.807, 2.05) is 0 Å². The molecule has 5 nitrogen and oxygen atoms in total. The molecule has 1 aromatic carbocycles. The minimum Gasteiger partial charge on any atom is -0.496 e. The second-order valence-corrected chi connectivity index (χ2v) is 4.08. The van der Waals surface area contributed by atoms with Crippen LogP contribution in [0.3, 0.4) is 0 Å². The van der Waals surface area contributed by atoms with Gasteiger partial charge < -0.3 is 14.2 Å². The molecule has 0 unspecified atom stereocenters. The third kappa shape index (κ3) is 2.29. The number of rotatable bonds is 3. The van der Waals surface area contributed by atoms with Gasteiger partial charge >= 0.3 is 5.97 Å². The van der Waals surface area contributed by atoms with Crippen LogP contribution in [0.4, 0.5) is 0 Å². The maximum atomic E-state index is 11.6. The Balaban J connectivity index is 2.83. The van der Waals surface area contributed by atoms with Gasteiger partial charge in [0.15, 0.2) is 5.69 Å². The molecule has 0 aliphatic carbocycles. The van der Waals surface area contributed by atoms with Crippen molar-refractivity contribution >= 4 is 28.5 Å². The van der Waals surface area contributed by atoms with Crippen molar-refractivity contribution in [2.45, 2.75) is 0 Å². The Labute approximate surface area is 115 Å². The number of ether oxygens (including phenoxy) is 3. The molecule has 0 N–H and O–H groups in total. The quantitative estimate of drug-likeness (QED) is 0.810. The van der Waals surface area contributed by atoms with Crippen LogP contribution in [0, 0.1) is 0 Å². The number of fused-ring (bicyclic) bond motifs is 1. The zero-order chi connectivity index (χ0) is 14.0. The van der Waals surface area contributed by atoms with Gasteiger partial charge in [0.1, 0.15) is 11.5 Å². The molecule has 100 valence electrons. The summed E-state index contributed by atoms with van der Waals surface area (Å²) in [7, 11) is 4.32. The SMILES string of the molecule is COC(=O)c1cc(OC)c2c(OC)ccc(Cl)c2n1. The predicted molar refractivity (Wildman–Crippen MR) is 71.2 cm³/mol. The van der Waals surface area contributed by atoms with Crippen molar-refractivity contribution in [2.75, 3.05) is 21.3 Å². The Morgan fingerprint density at radius 1 is 1.16 bits per heavy atom. The standard InChI is InChI=1S/C13H12ClNO4/c1-17-9-5-4-7(14)12-11(9)10(18-2)6-8(15-12)13(16)19-3/h4-6H,1-3H3. The molecule has 0 amide bonds. The summed E-state index contributed by atoms with van der Waals surface area (Å²) in [6.07, 6.45) is 0. The van der Waals surface area contributed by atoms with E-state index in [0.717, 1.165) is 0 Å². The van der Waals surface area contributed by atoms with Crippen LogP contribution < -0.4 is 9.47 Å². The second kappa shape index (κ2) is 5.32. The molecular formula is C13H12ClNO4. The number of hydrogen-bond donors (Lipinski definition) is 0. The minimum atomic E-state index is -0.556. The lowest BCUT2D eigenvalue weighted by molar-refractivity contribution is 0.0594. The van der Waals surface area contributed by atoms with E-state index in [2.05, 4.69) is 9.72 Å². The van der Waals surface area contributed by atoms with Gasteiger partial charge in [0.2, 0.25) is 0 Å². The Hall–Kier alpha value is -2.01. The van der Waals surface area contributed by atoms with Crippen LogP contribution in [0.15, 0.2) is 18.2 Å². The molecule has 1 heterocycles. The van der Waals surface area contributed by atoms with Crippen molar-refractivity contribution < 1.29 is 19.0 Å². The Morgan fingerprint density at radius 3 is 2.42 bits per heavy atom. The number of esters is 1. The summed E-state index contributed by atoms with van der Waals surface area (Å²) in [5.74, 6) is 0.462. The van der Waals surface area contributed by atoms with Gasteiger partial charge in [-0.2, -0.15) is 0 Å². The summed E-state index contributed by atoms with van der Waals surface area (Å²) in [4.78, 5) is 15.8. The van der Waals surface area contributed by atoms with Crippen molar-refractivity contribution in [3.8, 4) is 11.5 Å². The molecule has 0 saturated heterocycles. The average Bonchev–Trinajstić information content (AvgIpc) is 2.46. The molecule has 0 atom stereocenters. The lowest BCUT2D eigenvalue weighted by Crippen LogP contribution is -2.05. The second-order valence-electron chi connectivity index (χ2n) is 3.67. The molecule has 0 saturated carbocycles. The van der Waals surface area contributed by atoms with E-state index < -0.39 is 5.97 Å². The highest BCUT2D eigenvalue weighted by atomic mass is 35.5. The van der Waals surface area contributed by atoms with Gasteiger partial charge in [-0.1, -0.05) is 11.6 Å². The Morgan fingerprint density at radius 2 is 1.84 bits per heavy atom. The highest BCUT2D eigenvalue weighted by molar-refractivity contribution is 6.35. The highest BCUT2D eigenvalue weighted by Crippen LogP contribution is 2.37. The highest BCUT2D eigenvalue weighted by Gasteiger charge is 2.17. The molecule has 2 aromatic rings. The minimum absolute atomic E-state index is 0.127. The largest absolute Gasteiger partial charge is 0.496 e. The third-order valence-corrected chi connectivity index (χ3v) is 2.98. The molecule has 0 aliphatic heterocycles. The van der Waals surface area contributed by atoms with Gasteiger partial charge in [-0.15, -0.1) is 0 Å². The van der Waals surface area contributed by atoms with E-state index in [9.17, 15) is 4.79 Å². The van der Waals surface area contributed by atoms with Gasteiger partial charge in [-0.25, -0.2) is 9.78 Å². The lowest BCUT2D eigenvalue weighted by atomic mass is 10.1. The van der Waals surface area contributed by atoms with Crippen LogP contribution in [0.1, 0.15) is 10.5 Å². The fourth-order valence-electron chi connectivity index (χ4n) is 1.78. The first-order valence-electron chi connectivity index (χ1n) is 5.42. The van der Waals surface area contributed by atoms with Crippen LogP contribution in [-0.4, -0.2) is 32.3 Å². The van der Waals surface area contributed by atoms with Gasteiger partial charge in [0, 0.05) is 6.07 Å². The van der Waals surface area contributed by atoms with E-state index in [1.54, 1.807) is 12.1 Å². The first-order chi connectivity index (χ1) is 9.12. The molecule has 0 aliphatic rings. The molecule has 1 aromatic heterocycles. The summed E-state index contributed by atoms with van der Waals surface area (Å²) in [5, 5.41) is 1.02. The number of nitrogens with zero attached hydrogens (tertiary/aromatic N) is 1. The average molecular weight is 282 g/mol.